The summed E-state index contributed by atoms with van der Waals surface area (Å²) in [6.45, 7) is 2.53. The second kappa shape index (κ2) is 6.22. The van der Waals surface area contributed by atoms with Crippen molar-refractivity contribution < 1.29 is 17.9 Å². The summed E-state index contributed by atoms with van der Waals surface area (Å²) in [4.78, 5) is 12.4. The minimum Gasteiger partial charge on any atom is -0.376 e. The minimum absolute atomic E-state index is 0.135. The predicted octanol–water partition coefficient (Wildman–Crippen LogP) is 0.909. The van der Waals surface area contributed by atoms with E-state index in [1.165, 1.54) is 4.31 Å². The van der Waals surface area contributed by atoms with Gasteiger partial charge in [0.25, 0.3) is 0 Å². The molecule has 23 heavy (non-hydrogen) atoms. The molecule has 0 radical (unpaired) electrons. The van der Waals surface area contributed by atoms with Gasteiger partial charge in [-0.2, -0.15) is 4.31 Å². The lowest BCUT2D eigenvalue weighted by Crippen LogP contribution is -2.54. The van der Waals surface area contributed by atoms with Crippen molar-refractivity contribution in [2.75, 3.05) is 20.2 Å². The summed E-state index contributed by atoms with van der Waals surface area (Å²) in [5.41, 5.74) is 0.713. The van der Waals surface area contributed by atoms with Crippen LogP contribution in [0, 0.1) is 12.8 Å². The molecule has 3 atom stereocenters. The molecule has 126 valence electrons. The van der Waals surface area contributed by atoms with Gasteiger partial charge in [0.1, 0.15) is 0 Å². The van der Waals surface area contributed by atoms with Crippen LogP contribution >= 0.6 is 0 Å². The molecule has 2 aliphatic rings. The fraction of sp³-hybridized carbons (Fsp3) is 0.562. The van der Waals surface area contributed by atoms with E-state index >= 15 is 0 Å². The Morgan fingerprint density at radius 3 is 2.78 bits per heavy atom. The topological polar surface area (TPSA) is 75.7 Å². The number of sulfonamides is 1. The third-order valence-corrected chi connectivity index (χ3v) is 6.81. The molecule has 0 aliphatic carbocycles. The standard InChI is InChI=1S/C16H22N2O4S/c1-11-5-3-4-6-15(11)23(20,21)18-10-12(16(19)17-2)9-14-13(18)7-8-22-14/h3-6,12-14H,7-10H2,1-2H3,(H,17,19)/t12-,13+,14+/m1/s1. The molecule has 0 aromatic heterocycles. The van der Waals surface area contributed by atoms with Gasteiger partial charge in [-0.05, 0) is 31.4 Å². The highest BCUT2D eigenvalue weighted by Gasteiger charge is 2.47. The van der Waals surface area contributed by atoms with Crippen LogP contribution in [0.4, 0.5) is 0 Å². The van der Waals surface area contributed by atoms with Crippen LogP contribution in [-0.4, -0.2) is 51.0 Å². The third kappa shape index (κ3) is 2.88. The number of carbonyl (C=O) groups excluding carboxylic acids is 1. The molecule has 2 heterocycles. The van der Waals surface area contributed by atoms with Crippen molar-refractivity contribution in [1.82, 2.24) is 9.62 Å². The summed E-state index contributed by atoms with van der Waals surface area (Å²) in [6.07, 6.45) is 1.05. The molecule has 2 aliphatic heterocycles. The Kier molecular flexibility index (Phi) is 4.44. The second-order valence-corrected chi connectivity index (χ2v) is 8.01. The van der Waals surface area contributed by atoms with Gasteiger partial charge >= 0.3 is 0 Å². The van der Waals surface area contributed by atoms with Crippen molar-refractivity contribution in [3.05, 3.63) is 29.8 Å². The van der Waals surface area contributed by atoms with Gasteiger partial charge in [0.2, 0.25) is 15.9 Å². The summed E-state index contributed by atoms with van der Waals surface area (Å²) in [6, 6.07) is 6.78. The highest BCUT2D eigenvalue weighted by molar-refractivity contribution is 7.89. The van der Waals surface area contributed by atoms with Crippen LogP contribution in [0.3, 0.4) is 0 Å². The number of rotatable bonds is 3. The smallest absolute Gasteiger partial charge is 0.243 e. The Morgan fingerprint density at radius 2 is 2.09 bits per heavy atom. The van der Waals surface area contributed by atoms with Gasteiger partial charge in [0.15, 0.2) is 0 Å². The molecule has 1 aromatic carbocycles. The SMILES string of the molecule is CNC(=O)[C@@H]1C[C@@H]2OCC[C@@H]2N(S(=O)(=O)c2ccccc2C)C1. The minimum atomic E-state index is -3.65. The number of benzene rings is 1. The Balaban J connectivity index is 1.98. The zero-order valence-corrected chi connectivity index (χ0v) is 14.2. The van der Waals surface area contributed by atoms with Crippen molar-refractivity contribution in [3.8, 4) is 0 Å². The number of nitrogens with one attached hydrogen (secondary N) is 1. The maximum Gasteiger partial charge on any atom is 0.243 e. The summed E-state index contributed by atoms with van der Waals surface area (Å²) in [5, 5.41) is 2.62. The predicted molar refractivity (Wildman–Crippen MR) is 85.4 cm³/mol. The number of amides is 1. The number of hydrogen-bond acceptors (Lipinski definition) is 4. The maximum absolute atomic E-state index is 13.1. The summed E-state index contributed by atoms with van der Waals surface area (Å²) >= 11 is 0. The lowest BCUT2D eigenvalue weighted by atomic mass is 9.91. The Bertz CT molecular complexity index is 704. The van der Waals surface area contributed by atoms with Gasteiger partial charge in [-0.1, -0.05) is 18.2 Å². The molecule has 1 N–H and O–H groups in total. The molecule has 2 saturated heterocycles. The number of carbonyl (C=O) groups is 1. The Labute approximate surface area is 136 Å². The van der Waals surface area contributed by atoms with Crippen molar-refractivity contribution in [2.45, 2.75) is 36.8 Å². The van der Waals surface area contributed by atoms with Crippen LogP contribution in [-0.2, 0) is 19.6 Å². The summed E-state index contributed by atoms with van der Waals surface area (Å²) < 4.78 is 33.5. The highest BCUT2D eigenvalue weighted by atomic mass is 32.2. The van der Waals surface area contributed by atoms with Crippen molar-refractivity contribution in [3.63, 3.8) is 0 Å². The molecule has 6 nitrogen and oxygen atoms in total. The van der Waals surface area contributed by atoms with Gasteiger partial charge in [-0.25, -0.2) is 8.42 Å². The first-order valence-corrected chi connectivity index (χ1v) is 9.30. The van der Waals surface area contributed by atoms with Crippen molar-refractivity contribution in [2.24, 2.45) is 5.92 Å². The second-order valence-electron chi connectivity index (χ2n) is 6.15. The van der Waals surface area contributed by atoms with Crippen LogP contribution in [0.25, 0.3) is 0 Å². The third-order valence-electron chi connectivity index (χ3n) is 4.76. The van der Waals surface area contributed by atoms with Crippen molar-refractivity contribution >= 4 is 15.9 Å². The van der Waals surface area contributed by atoms with E-state index in [0.717, 1.165) is 0 Å². The van der Waals surface area contributed by atoms with Crippen LogP contribution in [0.15, 0.2) is 29.2 Å². The quantitative estimate of drug-likeness (QED) is 0.889. The average Bonchev–Trinajstić information content (AvgIpc) is 3.01. The van der Waals surface area contributed by atoms with Crippen molar-refractivity contribution in [1.29, 1.82) is 0 Å². The first kappa shape index (κ1) is 16.4. The Morgan fingerprint density at radius 1 is 1.35 bits per heavy atom. The van der Waals surface area contributed by atoms with Gasteiger partial charge < -0.3 is 10.1 Å². The molecule has 3 rings (SSSR count). The molecule has 1 aromatic rings. The molecule has 0 spiro atoms. The molecular formula is C16H22N2O4S. The van der Waals surface area contributed by atoms with Gasteiger partial charge in [0, 0.05) is 20.2 Å². The fourth-order valence-corrected chi connectivity index (χ4v) is 5.49. The lowest BCUT2D eigenvalue weighted by molar-refractivity contribution is -0.127. The molecule has 2 fully saturated rings. The van der Waals surface area contributed by atoms with Gasteiger partial charge in [-0.3, -0.25) is 4.79 Å². The number of fused-ring (bicyclic) bond motifs is 1. The molecule has 1 amide bonds. The number of piperidine rings is 1. The van der Waals surface area contributed by atoms with Crippen LogP contribution in [0.1, 0.15) is 18.4 Å². The molecule has 7 heteroatoms. The van der Waals surface area contributed by atoms with E-state index in [-0.39, 0.29) is 30.5 Å². The van der Waals surface area contributed by atoms with E-state index in [9.17, 15) is 13.2 Å². The van der Waals surface area contributed by atoms with Gasteiger partial charge in [-0.15, -0.1) is 0 Å². The van der Waals surface area contributed by atoms with E-state index < -0.39 is 10.0 Å². The highest BCUT2D eigenvalue weighted by Crippen LogP contribution is 2.35. The lowest BCUT2D eigenvalue weighted by Gasteiger charge is -2.39. The summed E-state index contributed by atoms with van der Waals surface area (Å²) in [7, 11) is -2.07. The van der Waals surface area contributed by atoms with Crippen LogP contribution < -0.4 is 5.32 Å². The Hall–Kier alpha value is -1.44. The average molecular weight is 338 g/mol. The van der Waals surface area contributed by atoms with E-state index in [0.29, 0.717) is 29.9 Å². The molecular weight excluding hydrogens is 316 g/mol. The monoisotopic (exact) mass is 338 g/mol. The van der Waals surface area contributed by atoms with Gasteiger partial charge in [0.05, 0.1) is 23.0 Å². The zero-order chi connectivity index (χ0) is 16.6. The number of aryl methyl sites for hydroxylation is 1. The normalized spacial score (nSPS) is 28.3. The largest absolute Gasteiger partial charge is 0.376 e. The molecule has 0 saturated carbocycles. The summed E-state index contributed by atoms with van der Waals surface area (Å²) in [5.74, 6) is -0.512. The first-order chi connectivity index (χ1) is 10.9. The number of nitrogens with zero attached hydrogens (tertiary/aromatic N) is 1. The molecule has 0 unspecified atom stereocenters. The first-order valence-electron chi connectivity index (χ1n) is 7.86. The number of hydrogen-bond donors (Lipinski definition) is 1. The molecule has 0 bridgehead atoms. The van der Waals surface area contributed by atoms with Crippen LogP contribution in [0.5, 0.6) is 0 Å². The maximum atomic E-state index is 13.1. The van der Waals surface area contributed by atoms with E-state index in [1.807, 2.05) is 6.07 Å². The van der Waals surface area contributed by atoms with E-state index in [2.05, 4.69) is 5.32 Å². The zero-order valence-electron chi connectivity index (χ0n) is 13.4. The van der Waals surface area contributed by atoms with E-state index in [1.54, 1.807) is 32.2 Å². The fourth-order valence-electron chi connectivity index (χ4n) is 3.54. The van der Waals surface area contributed by atoms with E-state index in [4.69, 9.17) is 4.74 Å². The number of ether oxygens (including phenoxy) is 1. The van der Waals surface area contributed by atoms with Crippen LogP contribution in [0.2, 0.25) is 0 Å².